The minimum atomic E-state index is 1.23. The van der Waals surface area contributed by atoms with Crippen molar-refractivity contribution in [3.63, 3.8) is 0 Å². The van der Waals surface area contributed by atoms with Crippen LogP contribution in [-0.4, -0.2) is 4.57 Å². The van der Waals surface area contributed by atoms with Crippen molar-refractivity contribution in [3.05, 3.63) is 78.5 Å². The predicted molar refractivity (Wildman–Crippen MR) is 99.7 cm³/mol. The number of para-hydroxylation sites is 1. The van der Waals surface area contributed by atoms with E-state index in [1.54, 1.807) is 0 Å². The molecule has 2 heteroatoms. The molecule has 0 aliphatic carbocycles. The van der Waals surface area contributed by atoms with E-state index >= 15 is 0 Å². The molecule has 2 aromatic heterocycles. The van der Waals surface area contributed by atoms with Gasteiger partial charge in [-0.25, -0.2) is 4.57 Å². The van der Waals surface area contributed by atoms with Gasteiger partial charge in [0.2, 0.25) is 5.69 Å². The highest BCUT2D eigenvalue weighted by Crippen LogP contribution is 2.33. The van der Waals surface area contributed by atoms with Crippen LogP contribution in [0.5, 0.6) is 0 Å². The quantitative estimate of drug-likeness (QED) is 0.477. The van der Waals surface area contributed by atoms with Crippen LogP contribution in [0.2, 0.25) is 0 Å². The summed E-state index contributed by atoms with van der Waals surface area (Å²) in [5.74, 6) is 0. The molecule has 0 saturated carbocycles. The molecule has 0 radical (unpaired) electrons. The first-order valence-corrected chi connectivity index (χ1v) is 8.26. The number of aromatic nitrogens is 2. The van der Waals surface area contributed by atoms with Gasteiger partial charge in [0, 0.05) is 46.9 Å². The normalized spacial score (nSPS) is 11.1. The molecule has 0 bridgehead atoms. The molecule has 2 aromatic carbocycles. The molecule has 2 heterocycles. The highest BCUT2D eigenvalue weighted by atomic mass is 14.9. The second-order valence-electron chi connectivity index (χ2n) is 6.32. The number of pyridine rings is 1. The van der Waals surface area contributed by atoms with Gasteiger partial charge in [0.25, 0.3) is 0 Å². The molecule has 0 fully saturated rings. The van der Waals surface area contributed by atoms with Gasteiger partial charge in [-0.3, -0.25) is 0 Å². The SMILES string of the molecule is Cc1c(-c2cc3ccccc3n2C)cccc1-c1cccc[n+]1C. The second kappa shape index (κ2) is 5.64. The lowest BCUT2D eigenvalue weighted by Gasteiger charge is -2.11. The van der Waals surface area contributed by atoms with Crippen LogP contribution in [0.3, 0.4) is 0 Å². The van der Waals surface area contributed by atoms with Gasteiger partial charge >= 0.3 is 0 Å². The molecule has 118 valence electrons. The Kier molecular flexibility index (Phi) is 3.46. The molecule has 2 nitrogen and oxygen atoms in total. The fourth-order valence-corrected chi connectivity index (χ4v) is 3.54. The smallest absolute Gasteiger partial charge is 0.212 e. The van der Waals surface area contributed by atoms with E-state index in [1.165, 1.54) is 39.0 Å². The summed E-state index contributed by atoms with van der Waals surface area (Å²) >= 11 is 0. The maximum absolute atomic E-state index is 2.28. The highest BCUT2D eigenvalue weighted by molar-refractivity contribution is 5.88. The van der Waals surface area contributed by atoms with E-state index < -0.39 is 0 Å². The molecule has 0 aliphatic rings. The first-order valence-electron chi connectivity index (χ1n) is 8.26. The Morgan fingerprint density at radius 1 is 0.833 bits per heavy atom. The summed E-state index contributed by atoms with van der Waals surface area (Å²) < 4.78 is 4.46. The highest BCUT2D eigenvalue weighted by Gasteiger charge is 2.16. The van der Waals surface area contributed by atoms with Crippen LogP contribution >= 0.6 is 0 Å². The summed E-state index contributed by atoms with van der Waals surface area (Å²) in [6.45, 7) is 2.22. The molecule has 0 spiro atoms. The zero-order chi connectivity index (χ0) is 16.7. The summed E-state index contributed by atoms with van der Waals surface area (Å²) in [5, 5.41) is 1.28. The van der Waals surface area contributed by atoms with Crippen molar-refractivity contribution in [2.24, 2.45) is 14.1 Å². The molecule has 24 heavy (non-hydrogen) atoms. The molecule has 0 N–H and O–H groups in total. The van der Waals surface area contributed by atoms with E-state index in [0.29, 0.717) is 0 Å². The van der Waals surface area contributed by atoms with E-state index in [1.807, 2.05) is 0 Å². The van der Waals surface area contributed by atoms with Crippen LogP contribution in [0.25, 0.3) is 33.4 Å². The summed E-state index contributed by atoms with van der Waals surface area (Å²) in [4.78, 5) is 0. The van der Waals surface area contributed by atoms with Crippen LogP contribution < -0.4 is 4.57 Å². The van der Waals surface area contributed by atoms with Gasteiger partial charge < -0.3 is 4.57 Å². The Hall–Kier alpha value is -2.87. The number of nitrogens with zero attached hydrogens (tertiary/aromatic N) is 2. The molecule has 0 unspecified atom stereocenters. The lowest BCUT2D eigenvalue weighted by molar-refractivity contribution is -0.660. The van der Waals surface area contributed by atoms with Crippen LogP contribution in [-0.2, 0) is 14.1 Å². The van der Waals surface area contributed by atoms with Crippen molar-refractivity contribution in [2.75, 3.05) is 0 Å². The van der Waals surface area contributed by atoms with Gasteiger partial charge in [0.15, 0.2) is 6.20 Å². The number of fused-ring (bicyclic) bond motifs is 1. The first-order chi connectivity index (χ1) is 11.7. The van der Waals surface area contributed by atoms with Crippen LogP contribution in [0.4, 0.5) is 0 Å². The van der Waals surface area contributed by atoms with Crippen molar-refractivity contribution < 1.29 is 4.57 Å². The van der Waals surface area contributed by atoms with Crippen molar-refractivity contribution in [2.45, 2.75) is 6.92 Å². The van der Waals surface area contributed by atoms with Crippen LogP contribution in [0, 0.1) is 6.92 Å². The number of rotatable bonds is 2. The number of aryl methyl sites for hydroxylation is 2. The summed E-state index contributed by atoms with van der Waals surface area (Å²) in [7, 11) is 4.24. The van der Waals surface area contributed by atoms with Crippen LogP contribution in [0.1, 0.15) is 5.56 Å². The standard InChI is InChI=1S/C22H21N2/c1-16-18(21-13-6-7-14-23(21)2)10-8-11-19(16)22-15-17-9-4-5-12-20(17)24(22)3/h4-15H,1-3H3/q+1. The molecule has 4 aromatic rings. The monoisotopic (exact) mass is 313 g/mol. The van der Waals surface area contributed by atoms with E-state index in [0.717, 1.165) is 0 Å². The topological polar surface area (TPSA) is 8.81 Å². The van der Waals surface area contributed by atoms with Gasteiger partial charge in [-0.05, 0) is 36.8 Å². The third kappa shape index (κ3) is 2.23. The zero-order valence-electron chi connectivity index (χ0n) is 14.3. The minimum absolute atomic E-state index is 1.23. The Morgan fingerprint density at radius 2 is 1.58 bits per heavy atom. The van der Waals surface area contributed by atoms with Crippen LogP contribution in [0.15, 0.2) is 72.9 Å². The molecule has 0 aliphatic heterocycles. The Labute approximate surface area is 142 Å². The number of benzene rings is 2. The Balaban J connectivity index is 1.95. The molecule has 0 atom stereocenters. The average molecular weight is 313 g/mol. The van der Waals surface area contributed by atoms with Crippen molar-refractivity contribution in [1.29, 1.82) is 0 Å². The van der Waals surface area contributed by atoms with Gasteiger partial charge in [0.05, 0.1) is 0 Å². The lowest BCUT2D eigenvalue weighted by atomic mass is 9.97. The largest absolute Gasteiger partial charge is 0.344 e. The molecular weight excluding hydrogens is 292 g/mol. The number of hydrogen-bond acceptors (Lipinski definition) is 0. The second-order valence-corrected chi connectivity index (χ2v) is 6.32. The lowest BCUT2D eigenvalue weighted by Crippen LogP contribution is -2.30. The minimum Gasteiger partial charge on any atom is -0.344 e. The summed E-state index contributed by atoms with van der Waals surface area (Å²) in [6, 6.07) is 23.7. The van der Waals surface area contributed by atoms with E-state index in [2.05, 4.69) is 103 Å². The van der Waals surface area contributed by atoms with E-state index in [4.69, 9.17) is 0 Å². The van der Waals surface area contributed by atoms with Gasteiger partial charge in [-0.2, -0.15) is 0 Å². The number of hydrogen-bond donors (Lipinski definition) is 0. The van der Waals surface area contributed by atoms with Crippen molar-refractivity contribution in [1.82, 2.24) is 4.57 Å². The average Bonchev–Trinajstić information content (AvgIpc) is 2.93. The third-order valence-corrected chi connectivity index (χ3v) is 4.89. The van der Waals surface area contributed by atoms with Gasteiger partial charge in [-0.15, -0.1) is 0 Å². The fraction of sp³-hybridized carbons (Fsp3) is 0.136. The molecule has 4 rings (SSSR count). The summed E-state index contributed by atoms with van der Waals surface area (Å²) in [5.41, 5.74) is 7.63. The fourth-order valence-electron chi connectivity index (χ4n) is 3.54. The van der Waals surface area contributed by atoms with Gasteiger partial charge in [-0.1, -0.05) is 30.3 Å². The maximum Gasteiger partial charge on any atom is 0.212 e. The molecular formula is C22H21N2+. The maximum atomic E-state index is 2.28. The first kappa shape index (κ1) is 14.7. The van der Waals surface area contributed by atoms with E-state index in [9.17, 15) is 0 Å². The predicted octanol–water partition coefficient (Wildman–Crippen LogP) is 4.65. The van der Waals surface area contributed by atoms with Gasteiger partial charge in [0.1, 0.15) is 7.05 Å². The summed E-state index contributed by atoms with van der Waals surface area (Å²) in [6.07, 6.45) is 2.10. The van der Waals surface area contributed by atoms with Crippen molar-refractivity contribution in [3.8, 4) is 22.5 Å². The Morgan fingerprint density at radius 3 is 2.38 bits per heavy atom. The molecule has 0 saturated heterocycles. The van der Waals surface area contributed by atoms with E-state index in [-0.39, 0.29) is 0 Å². The van der Waals surface area contributed by atoms with Crippen molar-refractivity contribution >= 4 is 10.9 Å². The third-order valence-electron chi connectivity index (χ3n) is 4.89. The molecule has 0 amide bonds. The zero-order valence-corrected chi connectivity index (χ0v) is 14.3. The Bertz CT molecular complexity index is 1040.